The molecule has 3 nitrogen and oxygen atoms in total. The zero-order valence-corrected chi connectivity index (χ0v) is 13.4. The van der Waals surface area contributed by atoms with Crippen LogP contribution in [-0.4, -0.2) is 12.4 Å². The van der Waals surface area contributed by atoms with Crippen LogP contribution in [0, 0.1) is 11.6 Å². The van der Waals surface area contributed by atoms with E-state index in [-0.39, 0.29) is 5.78 Å². The molecule has 2 aromatic rings. The van der Waals surface area contributed by atoms with Crippen LogP contribution in [0.25, 0.3) is 0 Å². The van der Waals surface area contributed by atoms with Gasteiger partial charge in [0.1, 0.15) is 5.75 Å². The molecule has 1 N–H and O–H groups in total. The molecule has 0 aliphatic rings. The van der Waals surface area contributed by atoms with Crippen LogP contribution in [0.5, 0.6) is 5.75 Å². The first kappa shape index (κ1) is 17.7. The summed E-state index contributed by atoms with van der Waals surface area (Å²) in [6, 6.07) is 10.3. The Labute approximate surface area is 140 Å². The van der Waals surface area contributed by atoms with Crippen molar-refractivity contribution in [2.45, 2.75) is 19.8 Å². The highest BCUT2D eigenvalue weighted by molar-refractivity contribution is 6.04. The van der Waals surface area contributed by atoms with Crippen molar-refractivity contribution in [2.24, 2.45) is 0 Å². The number of anilines is 1. The first-order chi connectivity index (χ1) is 11.6. The molecule has 0 aromatic heterocycles. The number of benzene rings is 2. The summed E-state index contributed by atoms with van der Waals surface area (Å²) >= 11 is 0. The highest BCUT2D eigenvalue weighted by Crippen LogP contribution is 2.15. The molecule has 0 bridgehead atoms. The molecule has 0 aliphatic heterocycles. The Morgan fingerprint density at radius 3 is 2.54 bits per heavy atom. The fourth-order valence-corrected chi connectivity index (χ4v) is 1.95. The first-order valence-corrected chi connectivity index (χ1v) is 7.75. The van der Waals surface area contributed by atoms with Crippen molar-refractivity contribution in [3.05, 3.63) is 71.9 Å². The van der Waals surface area contributed by atoms with Gasteiger partial charge in [0, 0.05) is 29.6 Å². The average Bonchev–Trinajstić information content (AvgIpc) is 2.59. The highest BCUT2D eigenvalue weighted by Gasteiger charge is 2.03. The fourth-order valence-electron chi connectivity index (χ4n) is 1.95. The third-order valence-corrected chi connectivity index (χ3v) is 3.31. The van der Waals surface area contributed by atoms with Gasteiger partial charge in [-0.05, 0) is 42.8 Å². The van der Waals surface area contributed by atoms with Crippen molar-refractivity contribution in [1.29, 1.82) is 0 Å². The minimum atomic E-state index is -0.946. The van der Waals surface area contributed by atoms with Gasteiger partial charge in [-0.1, -0.05) is 13.3 Å². The molecular formula is C19H19F2NO2. The van der Waals surface area contributed by atoms with E-state index in [1.165, 1.54) is 18.3 Å². The van der Waals surface area contributed by atoms with E-state index in [9.17, 15) is 13.6 Å². The molecule has 2 aromatic carbocycles. The third-order valence-electron chi connectivity index (χ3n) is 3.31. The Morgan fingerprint density at radius 1 is 1.12 bits per heavy atom. The van der Waals surface area contributed by atoms with Crippen molar-refractivity contribution in [3.8, 4) is 5.75 Å². The maximum atomic E-state index is 13.1. The molecule has 0 atom stereocenters. The Hall–Kier alpha value is -2.69. The molecule has 0 saturated heterocycles. The van der Waals surface area contributed by atoms with Gasteiger partial charge >= 0.3 is 0 Å². The number of allylic oxidation sites excluding steroid dienone is 1. The summed E-state index contributed by atoms with van der Waals surface area (Å²) in [5, 5.41) is 2.73. The van der Waals surface area contributed by atoms with Gasteiger partial charge in [0.2, 0.25) is 0 Å². The van der Waals surface area contributed by atoms with Crippen LogP contribution in [0.15, 0.2) is 54.7 Å². The zero-order valence-electron chi connectivity index (χ0n) is 13.4. The van der Waals surface area contributed by atoms with Crippen molar-refractivity contribution in [3.63, 3.8) is 0 Å². The molecule has 0 radical (unpaired) electrons. The second kappa shape index (κ2) is 8.82. The minimum Gasteiger partial charge on any atom is -0.494 e. The van der Waals surface area contributed by atoms with Gasteiger partial charge < -0.3 is 10.1 Å². The van der Waals surface area contributed by atoms with E-state index in [1.807, 2.05) is 0 Å². The van der Waals surface area contributed by atoms with Gasteiger partial charge in [0.25, 0.3) is 0 Å². The molecule has 0 amide bonds. The Balaban J connectivity index is 1.90. The van der Waals surface area contributed by atoms with E-state index >= 15 is 0 Å². The highest BCUT2D eigenvalue weighted by atomic mass is 19.2. The van der Waals surface area contributed by atoms with Crippen molar-refractivity contribution < 1.29 is 18.3 Å². The van der Waals surface area contributed by atoms with Crippen LogP contribution in [0.3, 0.4) is 0 Å². The molecule has 0 spiro atoms. The summed E-state index contributed by atoms with van der Waals surface area (Å²) in [6.45, 7) is 2.74. The number of unbranched alkanes of at least 4 members (excludes halogenated alkanes) is 1. The summed E-state index contributed by atoms with van der Waals surface area (Å²) in [6.07, 6.45) is 4.76. The summed E-state index contributed by atoms with van der Waals surface area (Å²) in [5.74, 6) is -1.34. The number of rotatable bonds is 8. The van der Waals surface area contributed by atoms with E-state index in [1.54, 1.807) is 24.3 Å². The van der Waals surface area contributed by atoms with E-state index in [2.05, 4.69) is 12.2 Å². The van der Waals surface area contributed by atoms with E-state index in [0.29, 0.717) is 17.9 Å². The molecule has 126 valence electrons. The molecular weight excluding hydrogens is 312 g/mol. The minimum absolute atomic E-state index is 0.204. The zero-order chi connectivity index (χ0) is 17.4. The number of nitrogens with one attached hydrogen (secondary N) is 1. The van der Waals surface area contributed by atoms with Crippen LogP contribution < -0.4 is 10.1 Å². The normalized spacial score (nSPS) is 10.8. The van der Waals surface area contributed by atoms with Crippen LogP contribution in [-0.2, 0) is 0 Å². The number of ketones is 1. The van der Waals surface area contributed by atoms with Gasteiger partial charge in [0.15, 0.2) is 17.4 Å². The number of hydrogen-bond donors (Lipinski definition) is 1. The second-order valence-electron chi connectivity index (χ2n) is 5.20. The Morgan fingerprint density at radius 2 is 1.88 bits per heavy atom. The van der Waals surface area contributed by atoms with Gasteiger partial charge in [-0.25, -0.2) is 8.78 Å². The molecule has 0 saturated carbocycles. The van der Waals surface area contributed by atoms with Crippen molar-refractivity contribution in [1.82, 2.24) is 0 Å². The van der Waals surface area contributed by atoms with Crippen LogP contribution in [0.4, 0.5) is 14.5 Å². The summed E-state index contributed by atoms with van der Waals surface area (Å²) in [4.78, 5) is 12.0. The predicted molar refractivity (Wildman–Crippen MR) is 90.3 cm³/mol. The van der Waals surface area contributed by atoms with Crippen molar-refractivity contribution in [2.75, 3.05) is 11.9 Å². The number of carbonyl (C=O) groups is 1. The maximum absolute atomic E-state index is 13.1. The average molecular weight is 331 g/mol. The lowest BCUT2D eigenvalue weighted by Gasteiger charge is -2.05. The maximum Gasteiger partial charge on any atom is 0.187 e. The lowest BCUT2D eigenvalue weighted by atomic mass is 10.1. The van der Waals surface area contributed by atoms with E-state index < -0.39 is 11.6 Å². The molecule has 0 unspecified atom stereocenters. The van der Waals surface area contributed by atoms with Crippen molar-refractivity contribution >= 4 is 11.5 Å². The third kappa shape index (κ3) is 5.19. The van der Waals surface area contributed by atoms with E-state index in [4.69, 9.17) is 4.74 Å². The lowest BCUT2D eigenvalue weighted by molar-refractivity contribution is 0.104. The summed E-state index contributed by atoms with van der Waals surface area (Å²) in [7, 11) is 0. The van der Waals surface area contributed by atoms with Gasteiger partial charge in [-0.2, -0.15) is 0 Å². The predicted octanol–water partition coefficient (Wildman–Crippen LogP) is 4.95. The Kier molecular flexibility index (Phi) is 6.49. The molecule has 0 fully saturated rings. The number of carbonyl (C=O) groups excluding carboxylic acids is 1. The molecule has 0 aliphatic carbocycles. The standard InChI is InChI=1S/C19H19F2NO2/c1-2-3-12-24-16-7-4-14(5-8-16)19(23)10-11-22-15-6-9-17(20)18(21)13-15/h4-11,13,22H,2-3,12H2,1H3. The van der Waals surface area contributed by atoms with Gasteiger partial charge in [-0.3, -0.25) is 4.79 Å². The summed E-state index contributed by atoms with van der Waals surface area (Å²) < 4.78 is 31.4. The first-order valence-electron chi connectivity index (χ1n) is 7.75. The van der Waals surface area contributed by atoms with E-state index in [0.717, 1.165) is 30.7 Å². The van der Waals surface area contributed by atoms with Gasteiger partial charge in [-0.15, -0.1) is 0 Å². The van der Waals surface area contributed by atoms with Gasteiger partial charge in [0.05, 0.1) is 6.61 Å². The number of hydrogen-bond acceptors (Lipinski definition) is 3. The molecule has 5 heteroatoms. The molecule has 2 rings (SSSR count). The molecule has 24 heavy (non-hydrogen) atoms. The smallest absolute Gasteiger partial charge is 0.187 e. The Bertz CT molecular complexity index is 712. The van der Waals surface area contributed by atoms with Crippen LogP contribution >= 0.6 is 0 Å². The van der Waals surface area contributed by atoms with Crippen LogP contribution in [0.1, 0.15) is 30.1 Å². The lowest BCUT2D eigenvalue weighted by Crippen LogP contribution is -1.99. The van der Waals surface area contributed by atoms with Crippen LogP contribution in [0.2, 0.25) is 0 Å². The largest absolute Gasteiger partial charge is 0.494 e. The molecule has 0 heterocycles. The SMILES string of the molecule is CCCCOc1ccc(C(=O)C=CNc2ccc(F)c(F)c2)cc1. The topological polar surface area (TPSA) is 38.3 Å². The summed E-state index contributed by atoms with van der Waals surface area (Å²) in [5.41, 5.74) is 0.874. The number of ether oxygens (including phenoxy) is 1. The second-order valence-corrected chi connectivity index (χ2v) is 5.20. The monoisotopic (exact) mass is 331 g/mol. The fraction of sp³-hybridized carbons (Fsp3) is 0.211. The quantitative estimate of drug-likeness (QED) is 0.422. The number of halogens is 2.